The first-order chi connectivity index (χ1) is 9.34. The van der Waals surface area contributed by atoms with Gasteiger partial charge in [0.2, 0.25) is 0 Å². The van der Waals surface area contributed by atoms with E-state index in [9.17, 15) is 0 Å². The van der Waals surface area contributed by atoms with E-state index in [0.29, 0.717) is 12.5 Å². The smallest absolute Gasteiger partial charge is 0.0717 e. The molecule has 1 unspecified atom stereocenters. The minimum Gasteiger partial charge on any atom is -0.378 e. The van der Waals surface area contributed by atoms with Crippen molar-refractivity contribution in [2.75, 3.05) is 32.9 Å². The summed E-state index contributed by atoms with van der Waals surface area (Å²) in [6.07, 6.45) is 4.40. The van der Waals surface area contributed by atoms with Crippen LogP contribution in [0.15, 0.2) is 42.6 Å². The monoisotopic (exact) mass is 261 g/mol. The molecule has 0 saturated carbocycles. The maximum absolute atomic E-state index is 5.73. The van der Waals surface area contributed by atoms with E-state index in [1.807, 2.05) is 18.2 Å². The quantitative estimate of drug-likeness (QED) is 0.786. The number of benzene rings is 1. The van der Waals surface area contributed by atoms with Crippen molar-refractivity contribution in [2.24, 2.45) is 5.92 Å². The van der Waals surface area contributed by atoms with Crippen molar-refractivity contribution in [1.82, 2.24) is 4.90 Å². The molecule has 0 aliphatic carbocycles. The summed E-state index contributed by atoms with van der Waals surface area (Å²) in [7, 11) is 0. The fourth-order valence-corrected chi connectivity index (χ4v) is 1.99. The predicted molar refractivity (Wildman–Crippen MR) is 76.8 cm³/mol. The first-order valence-corrected chi connectivity index (χ1v) is 6.96. The van der Waals surface area contributed by atoms with Crippen molar-refractivity contribution >= 4 is 0 Å². The summed E-state index contributed by atoms with van der Waals surface area (Å²) in [5, 5.41) is 0. The summed E-state index contributed by atoms with van der Waals surface area (Å²) in [5.74, 6) is 0.437. The zero-order chi connectivity index (χ0) is 13.3. The van der Waals surface area contributed by atoms with Crippen molar-refractivity contribution in [2.45, 2.75) is 13.5 Å². The molecule has 1 aromatic rings. The standard InChI is InChI=1S/C16H23NO2/c1-15(7-8-17-9-11-18-12-10-17)13-19-14-16-5-3-2-4-6-16/h2-8,15H,9-14H2,1H3. The van der Waals surface area contributed by atoms with Gasteiger partial charge in [0.25, 0.3) is 0 Å². The Labute approximate surface area is 115 Å². The van der Waals surface area contributed by atoms with Crippen LogP contribution in [0.25, 0.3) is 0 Å². The van der Waals surface area contributed by atoms with Gasteiger partial charge in [-0.3, -0.25) is 0 Å². The molecule has 19 heavy (non-hydrogen) atoms. The lowest BCUT2D eigenvalue weighted by Gasteiger charge is -2.25. The van der Waals surface area contributed by atoms with E-state index in [1.54, 1.807) is 0 Å². The Morgan fingerprint density at radius 3 is 2.74 bits per heavy atom. The average Bonchev–Trinajstić information content (AvgIpc) is 2.47. The van der Waals surface area contributed by atoms with Gasteiger partial charge in [-0.25, -0.2) is 0 Å². The van der Waals surface area contributed by atoms with Crippen LogP contribution in [0.3, 0.4) is 0 Å². The van der Waals surface area contributed by atoms with Crippen LogP contribution in [-0.2, 0) is 16.1 Å². The first kappa shape index (κ1) is 14.1. The molecular weight excluding hydrogens is 238 g/mol. The highest BCUT2D eigenvalue weighted by Gasteiger charge is 2.06. The molecule has 1 saturated heterocycles. The molecule has 1 aliphatic rings. The van der Waals surface area contributed by atoms with Crippen LogP contribution in [-0.4, -0.2) is 37.8 Å². The van der Waals surface area contributed by atoms with Crippen molar-refractivity contribution in [3.05, 3.63) is 48.2 Å². The molecule has 0 N–H and O–H groups in total. The third-order valence-corrected chi connectivity index (χ3v) is 3.16. The van der Waals surface area contributed by atoms with Crippen LogP contribution >= 0.6 is 0 Å². The van der Waals surface area contributed by atoms with E-state index in [4.69, 9.17) is 9.47 Å². The van der Waals surface area contributed by atoms with Gasteiger partial charge in [0, 0.05) is 13.1 Å². The summed E-state index contributed by atoms with van der Waals surface area (Å²) < 4.78 is 11.0. The van der Waals surface area contributed by atoms with Gasteiger partial charge in [-0.05, 0) is 17.7 Å². The van der Waals surface area contributed by atoms with Crippen molar-refractivity contribution in [3.63, 3.8) is 0 Å². The molecule has 0 bridgehead atoms. The maximum atomic E-state index is 5.73. The van der Waals surface area contributed by atoms with Gasteiger partial charge in [-0.2, -0.15) is 0 Å². The number of nitrogens with zero attached hydrogens (tertiary/aromatic N) is 1. The van der Waals surface area contributed by atoms with Crippen LogP contribution in [0.5, 0.6) is 0 Å². The van der Waals surface area contributed by atoms with Gasteiger partial charge in [0.05, 0.1) is 26.4 Å². The summed E-state index contributed by atoms with van der Waals surface area (Å²) in [6.45, 7) is 7.29. The zero-order valence-electron chi connectivity index (χ0n) is 11.6. The molecule has 2 rings (SSSR count). The van der Waals surface area contributed by atoms with Crippen LogP contribution in [0.1, 0.15) is 12.5 Å². The molecule has 1 aliphatic heterocycles. The van der Waals surface area contributed by atoms with Gasteiger partial charge >= 0.3 is 0 Å². The molecule has 1 heterocycles. The van der Waals surface area contributed by atoms with Gasteiger partial charge in [-0.1, -0.05) is 43.3 Å². The second-order valence-corrected chi connectivity index (χ2v) is 4.97. The van der Waals surface area contributed by atoms with E-state index >= 15 is 0 Å². The minimum atomic E-state index is 0.437. The van der Waals surface area contributed by atoms with Crippen LogP contribution in [0.2, 0.25) is 0 Å². The lowest BCUT2D eigenvalue weighted by Crippen LogP contribution is -2.32. The van der Waals surface area contributed by atoms with Gasteiger partial charge in [0.15, 0.2) is 0 Å². The molecule has 1 aromatic carbocycles. The van der Waals surface area contributed by atoms with Crippen LogP contribution in [0, 0.1) is 5.92 Å². The van der Waals surface area contributed by atoms with E-state index < -0.39 is 0 Å². The lowest BCUT2D eigenvalue weighted by atomic mass is 10.2. The Hall–Kier alpha value is -1.32. The summed E-state index contributed by atoms with van der Waals surface area (Å²) in [6, 6.07) is 10.3. The molecular formula is C16H23NO2. The molecule has 0 radical (unpaired) electrons. The van der Waals surface area contributed by atoms with Crippen molar-refractivity contribution < 1.29 is 9.47 Å². The molecule has 1 atom stereocenters. The summed E-state index contributed by atoms with van der Waals surface area (Å²) in [4.78, 5) is 2.30. The lowest BCUT2D eigenvalue weighted by molar-refractivity contribution is 0.0586. The number of hydrogen-bond acceptors (Lipinski definition) is 3. The number of rotatable bonds is 6. The number of morpholine rings is 1. The fourth-order valence-electron chi connectivity index (χ4n) is 1.99. The van der Waals surface area contributed by atoms with E-state index in [2.05, 4.69) is 36.2 Å². The first-order valence-electron chi connectivity index (χ1n) is 6.96. The summed E-state index contributed by atoms with van der Waals surface area (Å²) >= 11 is 0. The van der Waals surface area contributed by atoms with Crippen molar-refractivity contribution in [3.8, 4) is 0 Å². The molecule has 0 aromatic heterocycles. The highest BCUT2D eigenvalue weighted by atomic mass is 16.5. The Morgan fingerprint density at radius 2 is 2.00 bits per heavy atom. The fraction of sp³-hybridized carbons (Fsp3) is 0.500. The Balaban J connectivity index is 1.64. The third-order valence-electron chi connectivity index (χ3n) is 3.16. The van der Waals surface area contributed by atoms with E-state index in [1.165, 1.54) is 5.56 Å². The van der Waals surface area contributed by atoms with E-state index in [0.717, 1.165) is 32.9 Å². The Morgan fingerprint density at radius 1 is 1.26 bits per heavy atom. The molecule has 3 heteroatoms. The minimum absolute atomic E-state index is 0.437. The third kappa shape index (κ3) is 5.45. The Bertz CT molecular complexity index is 372. The summed E-state index contributed by atoms with van der Waals surface area (Å²) in [5.41, 5.74) is 1.23. The molecule has 3 nitrogen and oxygen atoms in total. The zero-order valence-corrected chi connectivity index (χ0v) is 11.6. The number of ether oxygens (including phenoxy) is 2. The molecule has 104 valence electrons. The largest absolute Gasteiger partial charge is 0.378 e. The average molecular weight is 261 g/mol. The second kappa shape index (κ2) is 7.97. The molecule has 0 amide bonds. The van der Waals surface area contributed by atoms with E-state index in [-0.39, 0.29) is 0 Å². The van der Waals surface area contributed by atoms with Crippen molar-refractivity contribution in [1.29, 1.82) is 0 Å². The highest BCUT2D eigenvalue weighted by molar-refractivity contribution is 5.13. The molecule has 0 spiro atoms. The van der Waals surface area contributed by atoms with Gasteiger partial charge < -0.3 is 14.4 Å². The number of hydrogen-bond donors (Lipinski definition) is 0. The van der Waals surface area contributed by atoms with Crippen LogP contribution in [0.4, 0.5) is 0 Å². The predicted octanol–water partition coefficient (Wildman–Crippen LogP) is 2.69. The molecule has 1 fully saturated rings. The van der Waals surface area contributed by atoms with Crippen LogP contribution < -0.4 is 0 Å². The Kier molecular flexibility index (Phi) is 5.92. The van der Waals surface area contributed by atoms with Gasteiger partial charge in [0.1, 0.15) is 0 Å². The maximum Gasteiger partial charge on any atom is 0.0717 e. The normalized spacial score (nSPS) is 17.8. The topological polar surface area (TPSA) is 21.7 Å². The highest BCUT2D eigenvalue weighted by Crippen LogP contribution is 2.05. The van der Waals surface area contributed by atoms with Gasteiger partial charge in [-0.15, -0.1) is 0 Å². The SMILES string of the molecule is CC(C=CN1CCOCC1)COCc1ccccc1. The second-order valence-electron chi connectivity index (χ2n) is 4.97.